The van der Waals surface area contributed by atoms with Crippen LogP contribution in [0.1, 0.15) is 5.56 Å². The third-order valence-corrected chi connectivity index (χ3v) is 3.47. The van der Waals surface area contributed by atoms with Crippen LogP contribution < -0.4 is 10.1 Å². The van der Waals surface area contributed by atoms with Crippen LogP contribution in [0.2, 0.25) is 5.02 Å². The van der Waals surface area contributed by atoms with Gasteiger partial charge in [0.05, 0.1) is 5.02 Å². The molecule has 0 aromatic heterocycles. The summed E-state index contributed by atoms with van der Waals surface area (Å²) in [7, 11) is 0. The van der Waals surface area contributed by atoms with Crippen LogP contribution in [0.4, 0.5) is 5.69 Å². The maximum absolute atomic E-state index is 11.8. The minimum absolute atomic E-state index is 0.0827. The normalized spacial score (nSPS) is 10.2. The van der Waals surface area contributed by atoms with Gasteiger partial charge in [0.15, 0.2) is 6.61 Å². The zero-order valence-electron chi connectivity index (χ0n) is 10.8. The molecule has 20 heavy (non-hydrogen) atoms. The van der Waals surface area contributed by atoms with E-state index in [4.69, 9.17) is 16.3 Å². The molecule has 0 heterocycles. The number of carbonyl (C=O) groups excluding carboxylic acids is 1. The second kappa shape index (κ2) is 6.77. The number of carbonyl (C=O) groups is 1. The van der Waals surface area contributed by atoms with Crippen molar-refractivity contribution in [1.29, 1.82) is 0 Å². The van der Waals surface area contributed by atoms with Gasteiger partial charge in [-0.05, 0) is 42.8 Å². The van der Waals surface area contributed by atoms with Crippen LogP contribution in [0.15, 0.2) is 46.9 Å². The van der Waals surface area contributed by atoms with E-state index in [1.54, 1.807) is 6.07 Å². The van der Waals surface area contributed by atoms with Gasteiger partial charge in [-0.3, -0.25) is 4.79 Å². The predicted molar refractivity (Wildman–Crippen MR) is 84.5 cm³/mol. The lowest BCUT2D eigenvalue weighted by molar-refractivity contribution is -0.118. The van der Waals surface area contributed by atoms with Gasteiger partial charge in [0.2, 0.25) is 0 Å². The molecule has 0 fully saturated rings. The van der Waals surface area contributed by atoms with Crippen LogP contribution >= 0.6 is 27.5 Å². The number of para-hydroxylation sites is 1. The Labute approximate surface area is 131 Å². The fourth-order valence-electron chi connectivity index (χ4n) is 1.67. The second-order valence-electron chi connectivity index (χ2n) is 4.23. The molecule has 2 rings (SSSR count). The fourth-order valence-corrected chi connectivity index (χ4v) is 2.21. The van der Waals surface area contributed by atoms with Crippen molar-refractivity contribution < 1.29 is 9.53 Å². The third-order valence-electron chi connectivity index (χ3n) is 2.64. The van der Waals surface area contributed by atoms with Gasteiger partial charge in [-0.1, -0.05) is 39.7 Å². The third kappa shape index (κ3) is 3.99. The van der Waals surface area contributed by atoms with Crippen molar-refractivity contribution in [1.82, 2.24) is 0 Å². The van der Waals surface area contributed by atoms with Crippen LogP contribution in [0.3, 0.4) is 0 Å². The van der Waals surface area contributed by atoms with E-state index in [-0.39, 0.29) is 12.5 Å². The van der Waals surface area contributed by atoms with E-state index in [1.807, 2.05) is 43.3 Å². The molecule has 0 atom stereocenters. The van der Waals surface area contributed by atoms with Crippen molar-refractivity contribution in [2.75, 3.05) is 11.9 Å². The second-order valence-corrected chi connectivity index (χ2v) is 5.55. The zero-order valence-corrected chi connectivity index (χ0v) is 13.2. The maximum Gasteiger partial charge on any atom is 0.262 e. The van der Waals surface area contributed by atoms with Gasteiger partial charge < -0.3 is 10.1 Å². The average Bonchev–Trinajstić information content (AvgIpc) is 2.41. The van der Waals surface area contributed by atoms with E-state index >= 15 is 0 Å². The summed E-state index contributed by atoms with van der Waals surface area (Å²) < 4.78 is 6.43. The SMILES string of the molecule is Cc1cccc(Cl)c1OCC(=O)Nc1ccc(Br)cc1. The van der Waals surface area contributed by atoms with Gasteiger partial charge in [-0.15, -0.1) is 0 Å². The molecule has 5 heteroatoms. The average molecular weight is 355 g/mol. The summed E-state index contributed by atoms with van der Waals surface area (Å²) in [5.41, 5.74) is 1.62. The molecule has 1 N–H and O–H groups in total. The van der Waals surface area contributed by atoms with E-state index in [2.05, 4.69) is 21.2 Å². The molecule has 0 aliphatic carbocycles. The first-order valence-electron chi connectivity index (χ1n) is 5.99. The lowest BCUT2D eigenvalue weighted by atomic mass is 10.2. The Bertz CT molecular complexity index is 594. The standard InChI is InChI=1S/C15H13BrClNO2/c1-10-3-2-4-13(17)15(10)20-9-14(19)18-12-7-5-11(16)6-8-12/h2-8H,9H2,1H3,(H,18,19). The molecule has 0 saturated carbocycles. The van der Waals surface area contributed by atoms with Crippen molar-refractivity contribution in [3.63, 3.8) is 0 Å². The first-order chi connectivity index (χ1) is 9.56. The summed E-state index contributed by atoms with van der Waals surface area (Å²) in [6.07, 6.45) is 0. The lowest BCUT2D eigenvalue weighted by Crippen LogP contribution is -2.20. The number of amides is 1. The molecule has 0 radical (unpaired) electrons. The minimum atomic E-state index is -0.230. The summed E-state index contributed by atoms with van der Waals surface area (Å²) in [4.78, 5) is 11.8. The van der Waals surface area contributed by atoms with Crippen LogP contribution in [-0.2, 0) is 4.79 Å². The highest BCUT2D eigenvalue weighted by atomic mass is 79.9. The smallest absolute Gasteiger partial charge is 0.262 e. The van der Waals surface area contributed by atoms with Gasteiger partial charge in [0.25, 0.3) is 5.91 Å². The van der Waals surface area contributed by atoms with E-state index in [1.165, 1.54) is 0 Å². The van der Waals surface area contributed by atoms with E-state index in [0.717, 1.165) is 15.7 Å². The minimum Gasteiger partial charge on any atom is -0.482 e. The van der Waals surface area contributed by atoms with Crippen LogP contribution in [0.5, 0.6) is 5.75 Å². The first-order valence-corrected chi connectivity index (χ1v) is 7.16. The molecular weight excluding hydrogens is 342 g/mol. The predicted octanol–water partition coefficient (Wildman–Crippen LogP) is 4.43. The highest BCUT2D eigenvalue weighted by Gasteiger charge is 2.08. The Balaban J connectivity index is 1.94. The topological polar surface area (TPSA) is 38.3 Å². The van der Waals surface area contributed by atoms with Crippen molar-refractivity contribution in [2.24, 2.45) is 0 Å². The van der Waals surface area contributed by atoms with Gasteiger partial charge >= 0.3 is 0 Å². The lowest BCUT2D eigenvalue weighted by Gasteiger charge is -2.11. The van der Waals surface area contributed by atoms with Crippen LogP contribution in [0, 0.1) is 6.92 Å². The molecule has 3 nitrogen and oxygen atoms in total. The van der Waals surface area contributed by atoms with Gasteiger partial charge in [-0.2, -0.15) is 0 Å². The number of benzene rings is 2. The summed E-state index contributed by atoms with van der Waals surface area (Å²) in [5, 5.41) is 3.25. The summed E-state index contributed by atoms with van der Waals surface area (Å²) in [6, 6.07) is 12.8. The Hall–Kier alpha value is -1.52. The van der Waals surface area contributed by atoms with Crippen molar-refractivity contribution >= 4 is 39.1 Å². The van der Waals surface area contributed by atoms with E-state index in [9.17, 15) is 4.79 Å². The summed E-state index contributed by atoms with van der Waals surface area (Å²) in [6.45, 7) is 1.80. The largest absolute Gasteiger partial charge is 0.482 e. The van der Waals surface area contributed by atoms with Crippen LogP contribution in [-0.4, -0.2) is 12.5 Å². The van der Waals surface area contributed by atoms with Crippen molar-refractivity contribution in [3.05, 3.63) is 57.5 Å². The van der Waals surface area contributed by atoms with E-state index in [0.29, 0.717) is 10.8 Å². The quantitative estimate of drug-likeness (QED) is 0.882. The van der Waals surface area contributed by atoms with Gasteiger partial charge in [0.1, 0.15) is 5.75 Å². The number of halogens is 2. The Morgan fingerprint density at radius 2 is 1.95 bits per heavy atom. The fraction of sp³-hybridized carbons (Fsp3) is 0.133. The van der Waals surface area contributed by atoms with Crippen molar-refractivity contribution in [2.45, 2.75) is 6.92 Å². The van der Waals surface area contributed by atoms with Gasteiger partial charge in [0, 0.05) is 10.2 Å². The van der Waals surface area contributed by atoms with E-state index < -0.39 is 0 Å². The highest BCUT2D eigenvalue weighted by molar-refractivity contribution is 9.10. The molecule has 0 saturated heterocycles. The van der Waals surface area contributed by atoms with Gasteiger partial charge in [-0.25, -0.2) is 0 Å². The molecule has 2 aromatic rings. The Morgan fingerprint density at radius 1 is 1.25 bits per heavy atom. The molecule has 0 unspecified atom stereocenters. The molecular formula is C15H13BrClNO2. The zero-order chi connectivity index (χ0) is 14.5. The first kappa shape index (κ1) is 14.9. The number of hydrogen-bond acceptors (Lipinski definition) is 2. The van der Waals surface area contributed by atoms with Crippen molar-refractivity contribution in [3.8, 4) is 5.75 Å². The Kier molecular flexibility index (Phi) is 5.04. The summed E-state index contributed by atoms with van der Waals surface area (Å²) in [5.74, 6) is 0.312. The molecule has 0 aliphatic heterocycles. The molecule has 1 amide bonds. The molecule has 0 spiro atoms. The molecule has 0 aliphatic rings. The number of anilines is 1. The maximum atomic E-state index is 11.8. The Morgan fingerprint density at radius 3 is 2.60 bits per heavy atom. The number of ether oxygens (including phenoxy) is 1. The number of hydrogen-bond donors (Lipinski definition) is 1. The summed E-state index contributed by atoms with van der Waals surface area (Å²) >= 11 is 9.37. The molecule has 0 bridgehead atoms. The number of rotatable bonds is 4. The monoisotopic (exact) mass is 353 g/mol. The number of aryl methyl sites for hydroxylation is 1. The molecule has 104 valence electrons. The highest BCUT2D eigenvalue weighted by Crippen LogP contribution is 2.27. The number of nitrogens with one attached hydrogen (secondary N) is 1. The molecule has 2 aromatic carbocycles. The van der Waals surface area contributed by atoms with Crippen LogP contribution in [0.25, 0.3) is 0 Å².